The molecule has 0 fully saturated rings. The van der Waals surface area contributed by atoms with Gasteiger partial charge in [0.25, 0.3) is 0 Å². The zero-order chi connectivity index (χ0) is 18.8. The van der Waals surface area contributed by atoms with Crippen molar-refractivity contribution in [2.75, 3.05) is 6.61 Å². The highest BCUT2D eigenvalue weighted by Crippen LogP contribution is 2.31. The molecule has 0 unspecified atom stereocenters. The molecular weight excluding hydrogens is 447 g/mol. The van der Waals surface area contributed by atoms with Crippen molar-refractivity contribution < 1.29 is 19.1 Å². The van der Waals surface area contributed by atoms with E-state index in [1.807, 2.05) is 0 Å². The maximum Gasteiger partial charge on any atom is 0.435 e. The molecule has 0 atom stereocenters. The summed E-state index contributed by atoms with van der Waals surface area (Å²) in [5, 5.41) is 4.82. The molecule has 0 bridgehead atoms. The molecular formula is C17H11BrCl2N2O4. The summed E-state index contributed by atoms with van der Waals surface area (Å²) in [6.07, 6.45) is -0.683. The van der Waals surface area contributed by atoms with E-state index in [0.717, 1.165) is 9.15 Å². The first-order valence-electron chi connectivity index (χ1n) is 7.44. The van der Waals surface area contributed by atoms with Gasteiger partial charge in [-0.3, -0.25) is 0 Å². The summed E-state index contributed by atoms with van der Waals surface area (Å²) >= 11 is 15.4. The van der Waals surface area contributed by atoms with E-state index in [0.29, 0.717) is 10.9 Å². The molecule has 0 saturated carbocycles. The van der Waals surface area contributed by atoms with Crippen molar-refractivity contribution in [1.29, 1.82) is 0 Å². The Morgan fingerprint density at radius 1 is 1.19 bits per heavy atom. The van der Waals surface area contributed by atoms with Crippen molar-refractivity contribution in [1.82, 2.24) is 9.78 Å². The largest absolute Gasteiger partial charge is 0.448 e. The number of hydrogen-bond acceptors (Lipinski definition) is 5. The Morgan fingerprint density at radius 2 is 1.88 bits per heavy atom. The molecule has 0 amide bonds. The first-order valence-corrected chi connectivity index (χ1v) is 8.99. The van der Waals surface area contributed by atoms with Crippen LogP contribution in [0.2, 0.25) is 10.0 Å². The average Bonchev–Trinajstić information content (AvgIpc) is 2.93. The standard InChI is InChI=1S/C17H11BrCl2N2O4/c1-2-25-17(24)22-13-7-6-9(18)8-10(13)15(21-22)26-16(23)14-11(19)4-3-5-12(14)20/h3-8H,2H2,1H3. The molecule has 0 N–H and O–H groups in total. The summed E-state index contributed by atoms with van der Waals surface area (Å²) in [6, 6.07) is 9.73. The van der Waals surface area contributed by atoms with Gasteiger partial charge >= 0.3 is 12.1 Å². The van der Waals surface area contributed by atoms with E-state index in [1.54, 1.807) is 31.2 Å². The molecule has 9 heteroatoms. The fraction of sp³-hybridized carbons (Fsp3) is 0.118. The molecule has 26 heavy (non-hydrogen) atoms. The molecule has 0 aliphatic rings. The lowest BCUT2D eigenvalue weighted by molar-refractivity contribution is 0.0727. The molecule has 1 heterocycles. The molecule has 0 aliphatic heterocycles. The number of carbonyl (C=O) groups excluding carboxylic acids is 2. The van der Waals surface area contributed by atoms with E-state index in [2.05, 4.69) is 21.0 Å². The van der Waals surface area contributed by atoms with Crippen LogP contribution in [0.15, 0.2) is 40.9 Å². The topological polar surface area (TPSA) is 70.4 Å². The van der Waals surface area contributed by atoms with E-state index in [4.69, 9.17) is 32.7 Å². The summed E-state index contributed by atoms with van der Waals surface area (Å²) in [7, 11) is 0. The Morgan fingerprint density at radius 3 is 2.54 bits per heavy atom. The Kier molecular flexibility index (Phi) is 5.50. The minimum absolute atomic E-state index is 0.0182. The van der Waals surface area contributed by atoms with Crippen molar-refractivity contribution in [3.8, 4) is 5.88 Å². The number of benzene rings is 2. The third-order valence-corrected chi connectivity index (χ3v) is 4.53. The van der Waals surface area contributed by atoms with Gasteiger partial charge in [-0.05, 0) is 37.3 Å². The van der Waals surface area contributed by atoms with Crippen LogP contribution >= 0.6 is 39.1 Å². The molecule has 134 valence electrons. The van der Waals surface area contributed by atoms with Crippen LogP contribution in [0.3, 0.4) is 0 Å². The van der Waals surface area contributed by atoms with E-state index >= 15 is 0 Å². The second-order valence-corrected chi connectivity index (χ2v) is 6.79. The molecule has 0 aliphatic carbocycles. The SMILES string of the molecule is CCOC(=O)n1nc(OC(=O)c2c(Cl)cccc2Cl)c2cc(Br)ccc21. The van der Waals surface area contributed by atoms with Gasteiger partial charge in [-0.15, -0.1) is 5.10 Å². The van der Waals surface area contributed by atoms with E-state index in [1.165, 1.54) is 12.1 Å². The van der Waals surface area contributed by atoms with Crippen molar-refractivity contribution in [2.24, 2.45) is 0 Å². The lowest BCUT2D eigenvalue weighted by Crippen LogP contribution is -2.15. The third-order valence-electron chi connectivity index (χ3n) is 3.41. The monoisotopic (exact) mass is 456 g/mol. The second kappa shape index (κ2) is 7.65. The number of aromatic nitrogens is 2. The Labute approximate surface area is 166 Å². The summed E-state index contributed by atoms with van der Waals surface area (Å²) in [6.45, 7) is 1.86. The molecule has 0 radical (unpaired) electrons. The van der Waals surface area contributed by atoms with Crippen LogP contribution in [0.1, 0.15) is 17.3 Å². The summed E-state index contributed by atoms with van der Waals surface area (Å²) in [5.41, 5.74) is 0.448. The Bertz CT molecular complexity index is 999. The highest BCUT2D eigenvalue weighted by atomic mass is 79.9. The molecule has 3 rings (SSSR count). The molecule has 3 aromatic rings. The van der Waals surface area contributed by atoms with Crippen LogP contribution in [0.4, 0.5) is 4.79 Å². The van der Waals surface area contributed by atoms with E-state index in [-0.39, 0.29) is 28.1 Å². The number of ether oxygens (including phenoxy) is 2. The molecule has 1 aromatic heterocycles. The normalized spacial score (nSPS) is 10.8. The number of rotatable bonds is 3. The van der Waals surface area contributed by atoms with Crippen LogP contribution in [0.25, 0.3) is 10.9 Å². The van der Waals surface area contributed by atoms with Crippen LogP contribution in [-0.4, -0.2) is 28.4 Å². The van der Waals surface area contributed by atoms with Crippen molar-refractivity contribution in [3.63, 3.8) is 0 Å². The fourth-order valence-electron chi connectivity index (χ4n) is 2.29. The zero-order valence-electron chi connectivity index (χ0n) is 13.3. The van der Waals surface area contributed by atoms with Gasteiger partial charge in [0.2, 0.25) is 5.88 Å². The van der Waals surface area contributed by atoms with Gasteiger partial charge in [0, 0.05) is 4.47 Å². The molecule has 6 nitrogen and oxygen atoms in total. The van der Waals surface area contributed by atoms with Gasteiger partial charge in [0.1, 0.15) is 0 Å². The van der Waals surface area contributed by atoms with Gasteiger partial charge < -0.3 is 9.47 Å². The summed E-state index contributed by atoms with van der Waals surface area (Å²) in [5.74, 6) is -0.841. The number of carbonyl (C=O) groups is 2. The number of nitrogens with zero attached hydrogens (tertiary/aromatic N) is 2. The molecule has 2 aromatic carbocycles. The second-order valence-electron chi connectivity index (χ2n) is 5.06. The van der Waals surface area contributed by atoms with Gasteiger partial charge in [-0.1, -0.05) is 45.2 Å². The van der Waals surface area contributed by atoms with Gasteiger partial charge in [-0.25, -0.2) is 9.59 Å². The quantitative estimate of drug-likeness (QED) is 0.497. The predicted octanol–water partition coefficient (Wildman–Crippen LogP) is 5.33. The predicted molar refractivity (Wildman–Crippen MR) is 101 cm³/mol. The molecule has 0 saturated heterocycles. The number of halogens is 3. The maximum atomic E-state index is 12.5. The van der Waals surface area contributed by atoms with Crippen molar-refractivity contribution >= 4 is 62.1 Å². The molecule has 0 spiro atoms. The highest BCUT2D eigenvalue weighted by molar-refractivity contribution is 9.10. The lowest BCUT2D eigenvalue weighted by Gasteiger charge is -2.05. The lowest BCUT2D eigenvalue weighted by atomic mass is 10.2. The van der Waals surface area contributed by atoms with Crippen LogP contribution in [0.5, 0.6) is 5.88 Å². The first kappa shape index (κ1) is 18.7. The van der Waals surface area contributed by atoms with Gasteiger partial charge in [0.05, 0.1) is 33.1 Å². The van der Waals surface area contributed by atoms with Crippen LogP contribution < -0.4 is 4.74 Å². The Balaban J connectivity index is 2.06. The Hall–Kier alpha value is -2.09. The minimum Gasteiger partial charge on any atom is -0.448 e. The van der Waals surface area contributed by atoms with Crippen LogP contribution in [0, 0.1) is 0 Å². The summed E-state index contributed by atoms with van der Waals surface area (Å²) in [4.78, 5) is 24.6. The third kappa shape index (κ3) is 3.56. The number of fused-ring (bicyclic) bond motifs is 1. The number of esters is 1. The van der Waals surface area contributed by atoms with Crippen LogP contribution in [-0.2, 0) is 4.74 Å². The highest BCUT2D eigenvalue weighted by Gasteiger charge is 2.23. The van der Waals surface area contributed by atoms with Gasteiger partial charge in [0.15, 0.2) is 0 Å². The zero-order valence-corrected chi connectivity index (χ0v) is 16.4. The van der Waals surface area contributed by atoms with Gasteiger partial charge in [-0.2, -0.15) is 4.68 Å². The average molecular weight is 458 g/mol. The minimum atomic E-state index is -0.781. The fourth-order valence-corrected chi connectivity index (χ4v) is 3.21. The van der Waals surface area contributed by atoms with E-state index < -0.39 is 12.1 Å². The maximum absolute atomic E-state index is 12.5. The summed E-state index contributed by atoms with van der Waals surface area (Å²) < 4.78 is 12.1. The number of hydrogen-bond donors (Lipinski definition) is 0. The first-order chi connectivity index (χ1) is 12.4. The van der Waals surface area contributed by atoms with Crippen molar-refractivity contribution in [2.45, 2.75) is 6.92 Å². The van der Waals surface area contributed by atoms with Crippen molar-refractivity contribution in [3.05, 3.63) is 56.5 Å². The van der Waals surface area contributed by atoms with E-state index in [9.17, 15) is 9.59 Å². The smallest absolute Gasteiger partial charge is 0.435 e.